The van der Waals surface area contributed by atoms with Gasteiger partial charge in [0.2, 0.25) is 30.1 Å². The Hall–Kier alpha value is -0.350. The third kappa shape index (κ3) is 9.86. The maximum absolute atomic E-state index is 12.0. The second-order valence-electron chi connectivity index (χ2n) is 13.2. The Kier molecular flexibility index (Phi) is 12.9. The van der Waals surface area contributed by atoms with Crippen molar-refractivity contribution in [1.82, 2.24) is 17.8 Å². The van der Waals surface area contributed by atoms with Crippen LogP contribution in [0.2, 0.25) is 0 Å². The molecule has 0 amide bonds. The van der Waals surface area contributed by atoms with Crippen LogP contribution in [-0.2, 0) is 34.8 Å². The molecule has 0 N–H and O–H groups in total. The number of ether oxygens (including phenoxy) is 1. The van der Waals surface area contributed by atoms with Crippen LogP contribution in [0.15, 0.2) is 0 Å². The Labute approximate surface area is 239 Å². The minimum absolute atomic E-state index is 0.486. The van der Waals surface area contributed by atoms with Crippen molar-refractivity contribution in [3.63, 3.8) is 0 Å². The van der Waals surface area contributed by atoms with E-state index in [1.165, 1.54) is 4.31 Å². The summed E-state index contributed by atoms with van der Waals surface area (Å²) in [7, 11) is -7.29. The Bertz CT molecular complexity index is 1070. The molecular formula is C25H54N4O7S3. The molecule has 3 saturated heterocycles. The molecule has 3 aliphatic rings. The summed E-state index contributed by atoms with van der Waals surface area (Å²) >= 11 is 0. The van der Waals surface area contributed by atoms with Crippen molar-refractivity contribution in [2.24, 2.45) is 0 Å². The second kappa shape index (κ2) is 13.7. The van der Waals surface area contributed by atoms with Crippen LogP contribution in [0.4, 0.5) is 0 Å². The molecule has 3 rings (SSSR count). The lowest BCUT2D eigenvalue weighted by Crippen LogP contribution is -2.51. The lowest BCUT2D eigenvalue weighted by atomic mass is 10.3. The maximum atomic E-state index is 12.0. The molecule has 3 heterocycles. The molecule has 3 fully saturated rings. The number of sulfonamides is 3. The first-order valence-corrected chi connectivity index (χ1v) is 18.0. The summed E-state index contributed by atoms with van der Waals surface area (Å²) in [4.78, 5) is 2.15. The molecule has 14 heteroatoms. The zero-order valence-corrected chi connectivity index (χ0v) is 28.3. The summed E-state index contributed by atoms with van der Waals surface area (Å²) in [5.74, 6) is 0. The monoisotopic (exact) mass is 618 g/mol. The van der Waals surface area contributed by atoms with E-state index in [1.54, 1.807) is 70.9 Å². The number of hydrogen-bond acceptors (Lipinski definition) is 8. The van der Waals surface area contributed by atoms with Gasteiger partial charge < -0.3 is 9.64 Å². The standard InChI is InChI=1S/C9H20N2O2S.C8H17NO3S.C8H17NO2S/c1-9(2,3)14(12,13)11-7-5-10(4)6-8-11;1-8(2,3)13(10,11)9-4-6-12-7-5-9;1-8(2,3)12(10,11)9-6-4-5-7-9/h5-8H2,1-4H3;4-7H2,1-3H3;4-7H2,1-3H3. The highest BCUT2D eigenvalue weighted by molar-refractivity contribution is 7.91. The third-order valence-corrected chi connectivity index (χ3v) is 14.6. The minimum Gasteiger partial charge on any atom is -0.379 e. The molecule has 0 aromatic heterocycles. The van der Waals surface area contributed by atoms with Crippen molar-refractivity contribution >= 4 is 30.1 Å². The van der Waals surface area contributed by atoms with Crippen molar-refractivity contribution < 1.29 is 30.0 Å². The summed E-state index contributed by atoms with van der Waals surface area (Å²) in [6.07, 6.45) is 2.02. The highest BCUT2D eigenvalue weighted by Crippen LogP contribution is 2.24. The summed E-state index contributed by atoms with van der Waals surface area (Å²) in [5, 5.41) is 0. The minimum atomic E-state index is -3.15. The van der Waals surface area contributed by atoms with E-state index < -0.39 is 44.3 Å². The Balaban J connectivity index is 0.000000293. The van der Waals surface area contributed by atoms with Crippen molar-refractivity contribution in [3.8, 4) is 0 Å². The smallest absolute Gasteiger partial charge is 0.219 e. The van der Waals surface area contributed by atoms with E-state index in [9.17, 15) is 25.3 Å². The summed E-state index contributed by atoms with van der Waals surface area (Å²) in [5.41, 5.74) is 0. The van der Waals surface area contributed by atoms with E-state index >= 15 is 0 Å². The molecule has 0 aromatic carbocycles. The molecule has 0 atom stereocenters. The van der Waals surface area contributed by atoms with Crippen molar-refractivity contribution in [2.45, 2.75) is 89.4 Å². The van der Waals surface area contributed by atoms with E-state index in [2.05, 4.69) is 4.90 Å². The Morgan fingerprint density at radius 2 is 0.744 bits per heavy atom. The molecule has 0 unspecified atom stereocenters. The predicted molar refractivity (Wildman–Crippen MR) is 158 cm³/mol. The molecule has 0 spiro atoms. The normalized spacial score (nSPS) is 22.0. The average Bonchev–Trinajstić information content (AvgIpc) is 3.34. The van der Waals surface area contributed by atoms with Gasteiger partial charge in [-0.1, -0.05) is 0 Å². The SMILES string of the molecule is CC(C)(C)S(=O)(=O)N1CCCC1.CC(C)(C)S(=O)(=O)N1CCOCC1.CN1CCN(S(=O)(=O)C(C)(C)C)CC1. The van der Waals surface area contributed by atoms with E-state index in [1.807, 2.05) is 7.05 Å². The van der Waals surface area contributed by atoms with Crippen LogP contribution in [0.25, 0.3) is 0 Å². The topological polar surface area (TPSA) is 125 Å². The third-order valence-electron chi connectivity index (χ3n) is 6.84. The Morgan fingerprint density at radius 1 is 0.462 bits per heavy atom. The first-order valence-electron chi connectivity index (χ1n) is 13.7. The molecule has 234 valence electrons. The maximum Gasteiger partial charge on any atom is 0.219 e. The zero-order valence-electron chi connectivity index (χ0n) is 25.9. The molecule has 0 aromatic rings. The van der Waals surface area contributed by atoms with Gasteiger partial charge in [0, 0.05) is 52.4 Å². The molecule has 11 nitrogen and oxygen atoms in total. The van der Waals surface area contributed by atoms with Crippen molar-refractivity contribution in [1.29, 1.82) is 0 Å². The van der Waals surface area contributed by atoms with Gasteiger partial charge in [-0.25, -0.2) is 29.6 Å². The quantitative estimate of drug-likeness (QED) is 0.471. The van der Waals surface area contributed by atoms with Crippen LogP contribution in [0.1, 0.15) is 75.2 Å². The van der Waals surface area contributed by atoms with Crippen molar-refractivity contribution in [3.05, 3.63) is 0 Å². The van der Waals surface area contributed by atoms with Crippen LogP contribution in [0.5, 0.6) is 0 Å². The molecular weight excluding hydrogens is 564 g/mol. The molecule has 3 aliphatic heterocycles. The highest BCUT2D eigenvalue weighted by atomic mass is 32.2. The van der Waals surface area contributed by atoms with Gasteiger partial charge in [-0.3, -0.25) is 0 Å². The van der Waals surface area contributed by atoms with E-state index in [0.717, 1.165) is 25.9 Å². The predicted octanol–water partition coefficient (Wildman–Crippen LogP) is 2.02. The number of hydrogen-bond donors (Lipinski definition) is 0. The highest BCUT2D eigenvalue weighted by Gasteiger charge is 2.38. The van der Waals surface area contributed by atoms with Gasteiger partial charge in [0.25, 0.3) is 0 Å². The van der Waals surface area contributed by atoms with E-state index in [-0.39, 0.29) is 0 Å². The number of morpholine rings is 1. The molecule has 0 aliphatic carbocycles. The first-order chi connectivity index (χ1) is 17.5. The van der Waals surface area contributed by atoms with Crippen LogP contribution >= 0.6 is 0 Å². The first kappa shape index (κ1) is 36.7. The number of likely N-dealkylation sites (N-methyl/N-ethyl adjacent to an activating group) is 1. The number of piperazine rings is 1. The Morgan fingerprint density at radius 3 is 1.05 bits per heavy atom. The van der Waals surface area contributed by atoms with E-state index in [4.69, 9.17) is 4.74 Å². The van der Waals surface area contributed by atoms with Crippen LogP contribution in [-0.4, -0.2) is 130 Å². The van der Waals surface area contributed by atoms with Gasteiger partial charge in [-0.15, -0.1) is 0 Å². The van der Waals surface area contributed by atoms with Gasteiger partial charge in [0.15, 0.2) is 0 Å². The molecule has 0 saturated carbocycles. The fourth-order valence-corrected chi connectivity index (χ4v) is 8.24. The molecule has 0 bridgehead atoms. The fraction of sp³-hybridized carbons (Fsp3) is 1.00. The lowest BCUT2D eigenvalue weighted by Gasteiger charge is -2.35. The fourth-order valence-electron chi connectivity index (χ4n) is 3.91. The lowest BCUT2D eigenvalue weighted by molar-refractivity contribution is 0.0721. The van der Waals surface area contributed by atoms with Crippen LogP contribution in [0.3, 0.4) is 0 Å². The van der Waals surface area contributed by atoms with Gasteiger partial charge in [0.1, 0.15) is 0 Å². The largest absolute Gasteiger partial charge is 0.379 e. The average molecular weight is 619 g/mol. The number of nitrogens with zero attached hydrogens (tertiary/aromatic N) is 4. The van der Waals surface area contributed by atoms with Gasteiger partial charge in [-0.05, 0) is 82.2 Å². The van der Waals surface area contributed by atoms with E-state index in [0.29, 0.717) is 52.5 Å². The molecule has 39 heavy (non-hydrogen) atoms. The van der Waals surface area contributed by atoms with Gasteiger partial charge in [0.05, 0.1) is 27.5 Å². The summed E-state index contributed by atoms with van der Waals surface area (Å²) < 4.78 is 79.2. The van der Waals surface area contributed by atoms with Gasteiger partial charge >= 0.3 is 0 Å². The second-order valence-corrected chi connectivity index (χ2v) is 21.2. The zero-order chi connectivity index (χ0) is 30.5. The summed E-state index contributed by atoms with van der Waals surface area (Å²) in [6, 6.07) is 0. The summed E-state index contributed by atoms with van der Waals surface area (Å²) in [6.45, 7) is 22.0. The van der Waals surface area contributed by atoms with Crippen LogP contribution in [0, 0.1) is 0 Å². The van der Waals surface area contributed by atoms with Gasteiger partial charge in [-0.2, -0.15) is 8.61 Å². The van der Waals surface area contributed by atoms with Crippen LogP contribution < -0.4 is 0 Å². The molecule has 0 radical (unpaired) electrons. The van der Waals surface area contributed by atoms with Crippen molar-refractivity contribution in [2.75, 3.05) is 72.6 Å². The number of rotatable bonds is 3.